The predicted octanol–water partition coefficient (Wildman–Crippen LogP) is 2.32. The van der Waals surface area contributed by atoms with Crippen LogP contribution in [0.5, 0.6) is 0 Å². The van der Waals surface area contributed by atoms with Gasteiger partial charge in [-0.2, -0.15) is 0 Å². The second-order valence-corrected chi connectivity index (χ2v) is 5.83. The van der Waals surface area contributed by atoms with Crippen LogP contribution < -0.4 is 10.6 Å². The van der Waals surface area contributed by atoms with Crippen molar-refractivity contribution in [2.45, 2.75) is 65.0 Å². The van der Waals surface area contributed by atoms with Gasteiger partial charge < -0.3 is 10.6 Å². The summed E-state index contributed by atoms with van der Waals surface area (Å²) in [5.74, 6) is 1.38. The molecule has 1 saturated carbocycles. The molecule has 1 aliphatic rings. The minimum absolute atomic E-state index is 0.0226. The summed E-state index contributed by atoms with van der Waals surface area (Å²) in [6.07, 6.45) is 6.06. The summed E-state index contributed by atoms with van der Waals surface area (Å²) in [5, 5.41) is 6.35. The molecule has 3 nitrogen and oxygen atoms in total. The number of likely N-dealkylation sites (N-methyl/N-ethyl adjacent to an activating group) is 1. The highest BCUT2D eigenvalue weighted by Gasteiger charge is 2.27. The lowest BCUT2D eigenvalue weighted by atomic mass is 9.85. The Morgan fingerprint density at radius 1 is 1.29 bits per heavy atom. The van der Waals surface area contributed by atoms with E-state index in [2.05, 4.69) is 31.4 Å². The molecule has 1 aliphatic carbocycles. The number of nitrogens with one attached hydrogen (secondary N) is 2. The molecule has 100 valence electrons. The van der Waals surface area contributed by atoms with E-state index in [1.807, 2.05) is 0 Å². The Bertz CT molecular complexity index is 240. The fourth-order valence-electron chi connectivity index (χ4n) is 2.72. The third-order valence-electron chi connectivity index (χ3n) is 3.80. The molecular formula is C14H28N2O. The van der Waals surface area contributed by atoms with E-state index in [1.165, 1.54) is 25.7 Å². The van der Waals surface area contributed by atoms with Gasteiger partial charge in [0.15, 0.2) is 0 Å². The Labute approximate surface area is 106 Å². The number of hydrogen-bond donors (Lipinski definition) is 2. The van der Waals surface area contributed by atoms with Gasteiger partial charge in [-0.1, -0.05) is 33.6 Å². The van der Waals surface area contributed by atoms with E-state index in [1.54, 1.807) is 7.05 Å². The highest BCUT2D eigenvalue weighted by molar-refractivity contribution is 5.81. The molecule has 0 radical (unpaired) electrons. The molecule has 0 aromatic heterocycles. The molecule has 3 heteroatoms. The van der Waals surface area contributed by atoms with Crippen LogP contribution >= 0.6 is 0 Å². The Balaban J connectivity index is 2.54. The standard InChI is InChI=1S/C14H28N2O/c1-10(2)9-13(14(17)15-4)16-12-8-6-5-7-11(12)3/h10-13,16H,5-9H2,1-4H3,(H,15,17). The van der Waals surface area contributed by atoms with Crippen molar-refractivity contribution in [3.05, 3.63) is 0 Å². The fourth-order valence-corrected chi connectivity index (χ4v) is 2.72. The van der Waals surface area contributed by atoms with Gasteiger partial charge in [0, 0.05) is 13.1 Å². The molecule has 3 unspecified atom stereocenters. The fraction of sp³-hybridized carbons (Fsp3) is 0.929. The third-order valence-corrected chi connectivity index (χ3v) is 3.80. The lowest BCUT2D eigenvalue weighted by Gasteiger charge is -2.33. The number of carbonyl (C=O) groups is 1. The van der Waals surface area contributed by atoms with Crippen LogP contribution in [0.3, 0.4) is 0 Å². The molecule has 0 aromatic rings. The maximum Gasteiger partial charge on any atom is 0.236 e. The van der Waals surface area contributed by atoms with E-state index in [9.17, 15) is 4.79 Å². The molecule has 1 rings (SSSR count). The highest BCUT2D eigenvalue weighted by Crippen LogP contribution is 2.24. The van der Waals surface area contributed by atoms with Crippen molar-refractivity contribution in [1.29, 1.82) is 0 Å². The third kappa shape index (κ3) is 4.66. The largest absolute Gasteiger partial charge is 0.358 e. The van der Waals surface area contributed by atoms with Crippen LogP contribution in [0.2, 0.25) is 0 Å². The van der Waals surface area contributed by atoms with Crippen LogP contribution in [0.4, 0.5) is 0 Å². The van der Waals surface area contributed by atoms with Crippen molar-refractivity contribution in [2.75, 3.05) is 7.05 Å². The monoisotopic (exact) mass is 240 g/mol. The minimum Gasteiger partial charge on any atom is -0.358 e. The summed E-state index contributed by atoms with van der Waals surface area (Å²) in [4.78, 5) is 11.9. The lowest BCUT2D eigenvalue weighted by molar-refractivity contribution is -0.123. The first-order valence-electron chi connectivity index (χ1n) is 7.02. The van der Waals surface area contributed by atoms with Gasteiger partial charge >= 0.3 is 0 Å². The van der Waals surface area contributed by atoms with E-state index in [0.29, 0.717) is 17.9 Å². The molecule has 1 fully saturated rings. The Kier molecular flexibility index (Phi) is 5.96. The van der Waals surface area contributed by atoms with Crippen LogP contribution in [-0.4, -0.2) is 25.0 Å². The van der Waals surface area contributed by atoms with Crippen molar-refractivity contribution in [2.24, 2.45) is 11.8 Å². The first-order chi connectivity index (χ1) is 8.04. The number of rotatable bonds is 5. The van der Waals surface area contributed by atoms with Crippen LogP contribution in [0.1, 0.15) is 52.9 Å². The topological polar surface area (TPSA) is 41.1 Å². The lowest BCUT2D eigenvalue weighted by Crippen LogP contribution is -2.50. The molecule has 0 spiro atoms. The van der Waals surface area contributed by atoms with Crippen LogP contribution in [-0.2, 0) is 4.79 Å². The zero-order chi connectivity index (χ0) is 12.8. The average Bonchev–Trinajstić information content (AvgIpc) is 2.29. The first-order valence-corrected chi connectivity index (χ1v) is 7.02. The van der Waals surface area contributed by atoms with Crippen LogP contribution in [0, 0.1) is 11.8 Å². The summed E-state index contributed by atoms with van der Waals surface area (Å²) in [6, 6.07) is 0.496. The molecular weight excluding hydrogens is 212 g/mol. The van der Waals surface area contributed by atoms with Crippen molar-refractivity contribution in [1.82, 2.24) is 10.6 Å². The van der Waals surface area contributed by atoms with Crippen molar-refractivity contribution >= 4 is 5.91 Å². The summed E-state index contributed by atoms with van der Waals surface area (Å²) in [7, 11) is 1.72. The quantitative estimate of drug-likeness (QED) is 0.774. The van der Waals surface area contributed by atoms with Gasteiger partial charge in [-0.05, 0) is 31.1 Å². The molecule has 0 saturated heterocycles. The maximum atomic E-state index is 11.9. The molecule has 0 bridgehead atoms. The Hall–Kier alpha value is -0.570. The van der Waals surface area contributed by atoms with Gasteiger partial charge in [0.2, 0.25) is 5.91 Å². The first kappa shape index (κ1) is 14.5. The SMILES string of the molecule is CNC(=O)C(CC(C)C)NC1CCCCC1C. The van der Waals surface area contributed by atoms with E-state index in [4.69, 9.17) is 0 Å². The molecule has 0 aromatic carbocycles. The van der Waals surface area contributed by atoms with Gasteiger partial charge in [-0.15, -0.1) is 0 Å². The normalized spacial score (nSPS) is 26.9. The molecule has 2 N–H and O–H groups in total. The summed E-state index contributed by atoms with van der Waals surface area (Å²) in [6.45, 7) is 6.64. The smallest absolute Gasteiger partial charge is 0.236 e. The average molecular weight is 240 g/mol. The van der Waals surface area contributed by atoms with Gasteiger partial charge in [0.1, 0.15) is 0 Å². The van der Waals surface area contributed by atoms with Crippen molar-refractivity contribution in [3.8, 4) is 0 Å². The van der Waals surface area contributed by atoms with E-state index < -0.39 is 0 Å². The minimum atomic E-state index is -0.0226. The van der Waals surface area contributed by atoms with E-state index >= 15 is 0 Å². The van der Waals surface area contributed by atoms with E-state index in [-0.39, 0.29) is 11.9 Å². The van der Waals surface area contributed by atoms with Crippen LogP contribution in [0.25, 0.3) is 0 Å². The molecule has 1 amide bonds. The molecule has 3 atom stereocenters. The number of carbonyl (C=O) groups excluding carboxylic acids is 1. The second kappa shape index (κ2) is 7.00. The second-order valence-electron chi connectivity index (χ2n) is 5.83. The van der Waals surface area contributed by atoms with Crippen molar-refractivity contribution < 1.29 is 4.79 Å². The van der Waals surface area contributed by atoms with Crippen molar-refractivity contribution in [3.63, 3.8) is 0 Å². The molecule has 0 aliphatic heterocycles. The predicted molar refractivity (Wildman–Crippen MR) is 71.9 cm³/mol. The van der Waals surface area contributed by atoms with Gasteiger partial charge in [-0.25, -0.2) is 0 Å². The van der Waals surface area contributed by atoms with Crippen LogP contribution in [0.15, 0.2) is 0 Å². The number of amides is 1. The zero-order valence-corrected chi connectivity index (χ0v) is 11.8. The number of hydrogen-bond acceptors (Lipinski definition) is 2. The maximum absolute atomic E-state index is 11.9. The summed E-state index contributed by atoms with van der Waals surface area (Å²) in [5.41, 5.74) is 0. The zero-order valence-electron chi connectivity index (χ0n) is 11.8. The van der Waals surface area contributed by atoms with E-state index in [0.717, 1.165) is 6.42 Å². The summed E-state index contributed by atoms with van der Waals surface area (Å²) < 4.78 is 0. The molecule has 17 heavy (non-hydrogen) atoms. The Morgan fingerprint density at radius 2 is 1.94 bits per heavy atom. The Morgan fingerprint density at radius 3 is 2.47 bits per heavy atom. The molecule has 0 heterocycles. The van der Waals surface area contributed by atoms with Gasteiger partial charge in [0.25, 0.3) is 0 Å². The van der Waals surface area contributed by atoms with Gasteiger partial charge in [-0.3, -0.25) is 4.79 Å². The van der Waals surface area contributed by atoms with Gasteiger partial charge in [0.05, 0.1) is 6.04 Å². The summed E-state index contributed by atoms with van der Waals surface area (Å²) >= 11 is 0. The highest BCUT2D eigenvalue weighted by atomic mass is 16.2.